The van der Waals surface area contributed by atoms with Crippen LogP contribution in [0, 0.1) is 0 Å². The number of rotatable bonds is 8. The maximum Gasteiger partial charge on any atom is 0.323 e. The Hall–Kier alpha value is -1.83. The average molecular weight is 274 g/mol. The van der Waals surface area contributed by atoms with Gasteiger partial charge in [0, 0.05) is 19.7 Å². The van der Waals surface area contributed by atoms with E-state index in [9.17, 15) is 14.4 Å². The standard InChI is InChI=1S/C11H18N2O6/c1-19-5-4-13(8-2-3-8)11(18)12(6-9(14)15)7-10(16)17/h8H,2-7H2,1H3,(H,14,15)(H,16,17). The van der Waals surface area contributed by atoms with Gasteiger partial charge in [-0.2, -0.15) is 0 Å². The number of aliphatic carboxylic acids is 2. The van der Waals surface area contributed by atoms with Crippen LogP contribution in [0.25, 0.3) is 0 Å². The van der Waals surface area contributed by atoms with Gasteiger partial charge in [0.15, 0.2) is 0 Å². The molecule has 0 atom stereocenters. The van der Waals surface area contributed by atoms with Crippen LogP contribution in [0.4, 0.5) is 4.79 Å². The molecule has 1 rings (SSSR count). The Morgan fingerprint density at radius 1 is 1.16 bits per heavy atom. The zero-order valence-corrected chi connectivity index (χ0v) is 10.7. The molecular weight excluding hydrogens is 256 g/mol. The molecule has 2 N–H and O–H groups in total. The predicted octanol–water partition coefficient (Wildman–Crippen LogP) is -0.312. The van der Waals surface area contributed by atoms with E-state index in [1.165, 1.54) is 12.0 Å². The maximum absolute atomic E-state index is 12.2. The SMILES string of the molecule is COCCN(C(=O)N(CC(=O)O)CC(=O)O)C1CC1. The van der Waals surface area contributed by atoms with Gasteiger partial charge in [-0.25, -0.2) is 4.79 Å². The van der Waals surface area contributed by atoms with Crippen LogP contribution in [-0.2, 0) is 14.3 Å². The number of carboxylic acid groups (broad SMARTS) is 2. The molecule has 1 aliphatic carbocycles. The summed E-state index contributed by atoms with van der Waals surface area (Å²) in [6, 6.07) is -0.503. The molecule has 108 valence electrons. The van der Waals surface area contributed by atoms with E-state index >= 15 is 0 Å². The van der Waals surface area contributed by atoms with Crippen molar-refractivity contribution in [3.8, 4) is 0 Å². The number of nitrogens with zero attached hydrogens (tertiary/aromatic N) is 2. The summed E-state index contributed by atoms with van der Waals surface area (Å²) >= 11 is 0. The van der Waals surface area contributed by atoms with Gasteiger partial charge in [-0.1, -0.05) is 0 Å². The molecule has 0 radical (unpaired) electrons. The van der Waals surface area contributed by atoms with Crippen molar-refractivity contribution >= 4 is 18.0 Å². The molecule has 0 heterocycles. The van der Waals surface area contributed by atoms with Crippen molar-refractivity contribution in [1.82, 2.24) is 9.80 Å². The topological polar surface area (TPSA) is 107 Å². The first kappa shape index (κ1) is 15.2. The van der Waals surface area contributed by atoms with E-state index < -0.39 is 31.1 Å². The zero-order chi connectivity index (χ0) is 14.4. The molecule has 0 aliphatic heterocycles. The van der Waals surface area contributed by atoms with E-state index in [-0.39, 0.29) is 6.04 Å². The number of carbonyl (C=O) groups is 3. The van der Waals surface area contributed by atoms with Crippen molar-refractivity contribution in [1.29, 1.82) is 0 Å². The third kappa shape index (κ3) is 5.12. The Labute approximate surface area is 110 Å². The van der Waals surface area contributed by atoms with Gasteiger partial charge in [-0.05, 0) is 12.8 Å². The van der Waals surface area contributed by atoms with Crippen LogP contribution in [0.3, 0.4) is 0 Å². The Morgan fingerprint density at radius 2 is 1.68 bits per heavy atom. The van der Waals surface area contributed by atoms with Crippen LogP contribution in [-0.4, -0.2) is 77.4 Å². The molecular formula is C11H18N2O6. The molecule has 1 fully saturated rings. The van der Waals surface area contributed by atoms with E-state index in [4.69, 9.17) is 14.9 Å². The fourth-order valence-corrected chi connectivity index (χ4v) is 1.71. The van der Waals surface area contributed by atoms with Gasteiger partial charge in [0.1, 0.15) is 13.1 Å². The molecule has 0 unspecified atom stereocenters. The highest BCUT2D eigenvalue weighted by Gasteiger charge is 2.35. The molecule has 0 aromatic rings. The number of ether oxygens (including phenoxy) is 1. The second kappa shape index (κ2) is 6.93. The zero-order valence-electron chi connectivity index (χ0n) is 10.7. The third-order valence-corrected chi connectivity index (χ3v) is 2.69. The lowest BCUT2D eigenvalue weighted by Crippen LogP contribution is -2.49. The molecule has 2 amide bonds. The summed E-state index contributed by atoms with van der Waals surface area (Å²) in [7, 11) is 1.50. The lowest BCUT2D eigenvalue weighted by atomic mass is 10.4. The number of methoxy groups -OCH3 is 1. The molecule has 0 spiro atoms. The summed E-state index contributed by atoms with van der Waals surface area (Å²) in [6.07, 6.45) is 1.70. The lowest BCUT2D eigenvalue weighted by Gasteiger charge is -2.28. The van der Waals surface area contributed by atoms with E-state index in [0.29, 0.717) is 13.2 Å². The molecule has 0 bridgehead atoms. The first-order chi connectivity index (χ1) is 8.95. The van der Waals surface area contributed by atoms with E-state index in [1.807, 2.05) is 0 Å². The first-order valence-corrected chi connectivity index (χ1v) is 5.93. The van der Waals surface area contributed by atoms with Gasteiger partial charge < -0.3 is 24.7 Å². The summed E-state index contributed by atoms with van der Waals surface area (Å²) in [6.45, 7) is -0.589. The van der Waals surface area contributed by atoms with Crippen molar-refractivity contribution in [3.05, 3.63) is 0 Å². The number of hydrogen-bond acceptors (Lipinski definition) is 4. The van der Waals surface area contributed by atoms with Crippen LogP contribution in [0.15, 0.2) is 0 Å². The minimum Gasteiger partial charge on any atom is -0.480 e. The number of carboxylic acids is 2. The maximum atomic E-state index is 12.2. The van der Waals surface area contributed by atoms with Crippen LogP contribution in [0.5, 0.6) is 0 Å². The van der Waals surface area contributed by atoms with E-state index in [2.05, 4.69) is 0 Å². The van der Waals surface area contributed by atoms with E-state index in [0.717, 1.165) is 17.7 Å². The molecule has 8 nitrogen and oxygen atoms in total. The fraction of sp³-hybridized carbons (Fsp3) is 0.727. The minimum atomic E-state index is -1.24. The van der Waals surface area contributed by atoms with Crippen LogP contribution in [0.1, 0.15) is 12.8 Å². The minimum absolute atomic E-state index is 0.0627. The summed E-state index contributed by atoms with van der Waals surface area (Å²) in [5.74, 6) is -2.48. The summed E-state index contributed by atoms with van der Waals surface area (Å²) in [5.41, 5.74) is 0. The van der Waals surface area contributed by atoms with Crippen molar-refractivity contribution in [2.24, 2.45) is 0 Å². The Morgan fingerprint density at radius 3 is 2.05 bits per heavy atom. The van der Waals surface area contributed by atoms with Crippen LogP contribution in [0.2, 0.25) is 0 Å². The molecule has 19 heavy (non-hydrogen) atoms. The highest BCUT2D eigenvalue weighted by Crippen LogP contribution is 2.27. The van der Waals surface area contributed by atoms with Crippen molar-refractivity contribution in [2.75, 3.05) is 33.4 Å². The average Bonchev–Trinajstić information content (AvgIpc) is 3.11. The summed E-state index contributed by atoms with van der Waals surface area (Å²) in [4.78, 5) is 35.8. The molecule has 0 aromatic carbocycles. The van der Waals surface area contributed by atoms with Gasteiger partial charge in [-0.3, -0.25) is 9.59 Å². The molecule has 8 heteroatoms. The Kier molecular flexibility index (Phi) is 5.56. The van der Waals surface area contributed by atoms with Gasteiger partial charge in [0.25, 0.3) is 0 Å². The number of carbonyl (C=O) groups excluding carboxylic acids is 1. The highest BCUT2D eigenvalue weighted by molar-refractivity contribution is 5.84. The fourth-order valence-electron chi connectivity index (χ4n) is 1.71. The normalized spacial score (nSPS) is 13.9. The number of urea groups is 1. The molecule has 0 saturated heterocycles. The monoisotopic (exact) mass is 274 g/mol. The Balaban J connectivity index is 2.70. The smallest absolute Gasteiger partial charge is 0.323 e. The largest absolute Gasteiger partial charge is 0.480 e. The van der Waals surface area contributed by atoms with Crippen molar-refractivity contribution in [2.45, 2.75) is 18.9 Å². The summed E-state index contributed by atoms with van der Waals surface area (Å²) in [5, 5.41) is 17.5. The van der Waals surface area contributed by atoms with E-state index in [1.54, 1.807) is 0 Å². The second-order valence-corrected chi connectivity index (χ2v) is 4.34. The third-order valence-electron chi connectivity index (χ3n) is 2.69. The van der Waals surface area contributed by atoms with Gasteiger partial charge in [0.2, 0.25) is 0 Å². The molecule has 1 aliphatic rings. The predicted molar refractivity (Wildman–Crippen MR) is 63.8 cm³/mol. The number of amides is 2. The van der Waals surface area contributed by atoms with Crippen LogP contribution < -0.4 is 0 Å². The Bertz CT molecular complexity index is 339. The lowest BCUT2D eigenvalue weighted by molar-refractivity contribution is -0.140. The van der Waals surface area contributed by atoms with Crippen molar-refractivity contribution < 1.29 is 29.3 Å². The summed E-state index contributed by atoms with van der Waals surface area (Å²) < 4.78 is 4.90. The second-order valence-electron chi connectivity index (χ2n) is 4.34. The van der Waals surface area contributed by atoms with Crippen LogP contribution >= 0.6 is 0 Å². The molecule has 1 saturated carbocycles. The first-order valence-electron chi connectivity index (χ1n) is 5.93. The quantitative estimate of drug-likeness (QED) is 0.628. The van der Waals surface area contributed by atoms with Gasteiger partial charge >= 0.3 is 18.0 Å². The van der Waals surface area contributed by atoms with Gasteiger partial charge in [-0.15, -0.1) is 0 Å². The van der Waals surface area contributed by atoms with Crippen molar-refractivity contribution in [3.63, 3.8) is 0 Å². The van der Waals surface area contributed by atoms with Gasteiger partial charge in [0.05, 0.1) is 6.61 Å². The highest BCUT2D eigenvalue weighted by atomic mass is 16.5. The number of hydrogen-bond donors (Lipinski definition) is 2. The molecule has 0 aromatic heterocycles.